The summed E-state index contributed by atoms with van der Waals surface area (Å²) in [6, 6.07) is 46.7. The zero-order valence-corrected chi connectivity index (χ0v) is 39.0. The van der Waals surface area contributed by atoms with Crippen molar-refractivity contribution in [3.63, 3.8) is 0 Å². The van der Waals surface area contributed by atoms with E-state index in [4.69, 9.17) is 29.9 Å². The maximum Gasteiger partial charge on any atom is 0.159 e. The molecule has 3 aliphatic rings. The highest BCUT2D eigenvalue weighted by molar-refractivity contribution is 6.14. The summed E-state index contributed by atoms with van der Waals surface area (Å²) >= 11 is 0. The minimum absolute atomic E-state index is 0.170. The summed E-state index contributed by atoms with van der Waals surface area (Å²) in [5.41, 5.74) is 16.4. The van der Waals surface area contributed by atoms with Crippen LogP contribution >= 0.6 is 0 Å². The van der Waals surface area contributed by atoms with Crippen molar-refractivity contribution in [2.24, 2.45) is 9.98 Å². The van der Waals surface area contributed by atoms with Crippen LogP contribution in [0.5, 0.6) is 0 Å². The Balaban J connectivity index is 1.21. The molecule has 10 rings (SSSR count). The lowest BCUT2D eigenvalue weighted by Gasteiger charge is -2.37. The van der Waals surface area contributed by atoms with E-state index < -0.39 is 6.17 Å². The topological polar surface area (TPSA) is 112 Å². The van der Waals surface area contributed by atoms with E-state index in [1.165, 1.54) is 0 Å². The third-order valence-electron chi connectivity index (χ3n) is 12.5. The lowest BCUT2D eigenvalue weighted by atomic mass is 9.83. The van der Waals surface area contributed by atoms with E-state index in [1.807, 2.05) is 64.1 Å². The van der Waals surface area contributed by atoms with Gasteiger partial charge in [-0.25, -0.2) is 15.0 Å². The van der Waals surface area contributed by atoms with Crippen LogP contribution in [0.1, 0.15) is 84.0 Å². The normalized spacial score (nSPS) is 19.9. The number of aliphatic imine (C=N–C) groups is 2. The van der Waals surface area contributed by atoms with Gasteiger partial charge in [0.1, 0.15) is 12.0 Å². The van der Waals surface area contributed by atoms with Gasteiger partial charge in [0.15, 0.2) is 5.84 Å². The highest BCUT2D eigenvalue weighted by atomic mass is 15.2. The highest BCUT2D eigenvalue weighted by Gasteiger charge is 2.32. The van der Waals surface area contributed by atoms with E-state index in [1.54, 1.807) is 0 Å². The van der Waals surface area contributed by atoms with E-state index >= 15 is 0 Å². The SMILES string of the molecule is Cc1c#ccc(-c2cc(C3=NC(c4cc(-c5cccc(C)n5)cc(C5(C)CC=CC(C)N5)c4)NC(c4cc(C5=CC=CC(C)N5)cc(-c5cccc(C)n5)c4)=N3)cc(-c3cccc(C)n3)c2)n1. The molecule has 0 fully saturated rings. The minimum Gasteiger partial charge on any atom is -0.379 e. The van der Waals surface area contributed by atoms with Gasteiger partial charge in [0.25, 0.3) is 0 Å². The van der Waals surface area contributed by atoms with Gasteiger partial charge in [-0.15, -0.1) is 0 Å². The van der Waals surface area contributed by atoms with Crippen molar-refractivity contribution in [1.82, 2.24) is 35.9 Å². The maximum atomic E-state index is 5.56. The number of allylic oxidation sites excluding steroid dienone is 2. The van der Waals surface area contributed by atoms with Crippen LogP contribution in [0.3, 0.4) is 0 Å². The predicted molar refractivity (Wildman–Crippen MR) is 271 cm³/mol. The number of nitrogens with zero attached hydrogens (tertiary/aromatic N) is 6. The molecule has 0 saturated heterocycles. The summed E-state index contributed by atoms with van der Waals surface area (Å²) in [4.78, 5) is 30.9. The quantitative estimate of drug-likeness (QED) is 0.124. The molecule has 3 aliphatic heterocycles. The number of dihydropyridines is 1. The monoisotopic (exact) mass is 875 g/mol. The van der Waals surface area contributed by atoms with Gasteiger partial charge in [-0.2, -0.15) is 0 Å². The van der Waals surface area contributed by atoms with Crippen molar-refractivity contribution in [1.29, 1.82) is 0 Å². The molecule has 7 heterocycles. The molecule has 0 saturated carbocycles. The first-order valence-corrected chi connectivity index (χ1v) is 23.0. The van der Waals surface area contributed by atoms with Gasteiger partial charge in [-0.3, -0.25) is 15.0 Å². The number of aromatic nitrogens is 4. The van der Waals surface area contributed by atoms with Gasteiger partial charge in [0.2, 0.25) is 0 Å². The number of hydrogen-bond acceptors (Lipinski definition) is 9. The Kier molecular flexibility index (Phi) is 11.5. The molecule has 3 aromatic carbocycles. The second-order valence-corrected chi connectivity index (χ2v) is 18.2. The molecular weight excluding hydrogens is 823 g/mol. The Morgan fingerprint density at radius 1 is 0.597 bits per heavy atom. The van der Waals surface area contributed by atoms with Crippen molar-refractivity contribution in [2.45, 2.75) is 78.7 Å². The van der Waals surface area contributed by atoms with Crippen LogP contribution in [0.25, 0.3) is 50.7 Å². The van der Waals surface area contributed by atoms with Gasteiger partial charge < -0.3 is 16.0 Å². The lowest BCUT2D eigenvalue weighted by Crippen LogP contribution is -2.46. The van der Waals surface area contributed by atoms with E-state index in [9.17, 15) is 0 Å². The number of benzene rings is 3. The fourth-order valence-electron chi connectivity index (χ4n) is 9.16. The molecule has 4 aromatic heterocycles. The molecular formula is C58H53N9. The van der Waals surface area contributed by atoms with Crippen molar-refractivity contribution >= 4 is 17.4 Å². The molecule has 0 spiro atoms. The molecule has 3 N–H and O–H groups in total. The summed E-state index contributed by atoms with van der Waals surface area (Å²) in [5, 5.41) is 11.4. The smallest absolute Gasteiger partial charge is 0.159 e. The van der Waals surface area contributed by atoms with Crippen molar-refractivity contribution in [3.8, 4) is 45.0 Å². The molecule has 0 amide bonds. The molecule has 0 bridgehead atoms. The summed E-state index contributed by atoms with van der Waals surface area (Å²) in [6.07, 6.45) is 11.2. The Hall–Kier alpha value is -7.80. The van der Waals surface area contributed by atoms with Crippen LogP contribution in [0.4, 0.5) is 0 Å². The van der Waals surface area contributed by atoms with Gasteiger partial charge in [0.05, 0.1) is 28.5 Å². The standard InChI is InChI=1S/C58H53N9/c1-35-14-8-20-50(59-35)41-26-42(51-21-9-15-36(2)60-51)29-46(28-41)55-64-56(47-30-43(52-22-10-16-37(3)61-52)27-44(31-47)53-23-11-17-38(4)62-53)66-57(65-55)48-32-45(54-24-12-18-39(5)63-54)33-49(34-48)58(7)25-13-19-40(6)67-58/h8-10,12-16,18-24,26-35,40,57,59,67H,25H2,1-7H3,(H,64,65,66). The lowest BCUT2D eigenvalue weighted by molar-refractivity contribution is 0.335. The number of rotatable bonds is 9. The Bertz CT molecular complexity index is 3150. The average molecular weight is 876 g/mol. The summed E-state index contributed by atoms with van der Waals surface area (Å²) in [5.74, 6) is 1.26. The van der Waals surface area contributed by atoms with Crippen LogP contribution in [0, 0.1) is 39.8 Å². The summed E-state index contributed by atoms with van der Waals surface area (Å²) in [6.45, 7) is 14.6. The van der Waals surface area contributed by atoms with Crippen LogP contribution in [0.2, 0.25) is 0 Å². The molecule has 4 unspecified atom stereocenters. The Morgan fingerprint density at radius 3 is 1.82 bits per heavy atom. The first-order valence-electron chi connectivity index (χ1n) is 23.0. The molecule has 0 aliphatic carbocycles. The summed E-state index contributed by atoms with van der Waals surface area (Å²) < 4.78 is 0. The molecule has 7 aromatic rings. The van der Waals surface area contributed by atoms with Gasteiger partial charge in [0, 0.05) is 79.8 Å². The van der Waals surface area contributed by atoms with E-state index in [2.05, 4.69) is 158 Å². The van der Waals surface area contributed by atoms with E-state index in [0.29, 0.717) is 11.7 Å². The average Bonchev–Trinajstić information content (AvgIpc) is 3.33. The molecule has 4 atom stereocenters. The number of nitrogens with one attached hydrogen (secondary N) is 3. The van der Waals surface area contributed by atoms with Gasteiger partial charge in [-0.05, 0) is 175 Å². The van der Waals surface area contributed by atoms with Crippen LogP contribution < -0.4 is 16.0 Å². The molecule has 9 nitrogen and oxygen atoms in total. The zero-order valence-electron chi connectivity index (χ0n) is 39.0. The molecule has 0 radical (unpaired) electrons. The minimum atomic E-state index is -0.547. The second-order valence-electron chi connectivity index (χ2n) is 18.2. The first-order chi connectivity index (χ1) is 32.4. The predicted octanol–water partition coefficient (Wildman–Crippen LogP) is 11.3. The highest BCUT2D eigenvalue weighted by Crippen LogP contribution is 2.37. The fourth-order valence-corrected chi connectivity index (χ4v) is 9.16. The molecule has 9 heteroatoms. The van der Waals surface area contributed by atoms with Gasteiger partial charge >= 0.3 is 0 Å². The maximum absolute atomic E-state index is 5.56. The van der Waals surface area contributed by atoms with Crippen molar-refractivity contribution < 1.29 is 0 Å². The van der Waals surface area contributed by atoms with Crippen molar-refractivity contribution in [2.75, 3.05) is 0 Å². The van der Waals surface area contributed by atoms with Crippen molar-refractivity contribution in [3.05, 3.63) is 208 Å². The second kappa shape index (κ2) is 17.9. The molecule has 67 heavy (non-hydrogen) atoms. The first kappa shape index (κ1) is 43.1. The molecule has 330 valence electrons. The van der Waals surface area contributed by atoms with E-state index in [-0.39, 0.29) is 17.6 Å². The number of amidine groups is 2. The van der Waals surface area contributed by atoms with E-state index in [0.717, 1.165) is 108 Å². The Morgan fingerprint density at radius 2 is 1.19 bits per heavy atom. The Labute approximate surface area is 393 Å². The largest absolute Gasteiger partial charge is 0.379 e. The van der Waals surface area contributed by atoms with Crippen LogP contribution in [-0.4, -0.2) is 43.7 Å². The van der Waals surface area contributed by atoms with Gasteiger partial charge in [-0.1, -0.05) is 48.6 Å². The fraction of sp³-hybridized carbons (Fsp3) is 0.207. The zero-order chi connectivity index (χ0) is 46.2. The summed E-state index contributed by atoms with van der Waals surface area (Å²) in [7, 11) is 0. The number of pyridine rings is 3. The third-order valence-corrected chi connectivity index (χ3v) is 12.5. The van der Waals surface area contributed by atoms with Crippen LogP contribution in [-0.2, 0) is 5.54 Å². The number of aryl methyl sites for hydroxylation is 4. The van der Waals surface area contributed by atoms with Crippen LogP contribution in [0.15, 0.2) is 156 Å². The third kappa shape index (κ3) is 9.35. The number of hydrogen-bond donors (Lipinski definition) is 3.